The summed E-state index contributed by atoms with van der Waals surface area (Å²) in [5.74, 6) is 0.0639. The summed E-state index contributed by atoms with van der Waals surface area (Å²) in [5, 5.41) is 3.47. The van der Waals surface area contributed by atoms with Crippen LogP contribution < -0.4 is 15.0 Å². The molecule has 2 aromatic rings. The number of hydrogen-bond acceptors (Lipinski definition) is 3. The van der Waals surface area contributed by atoms with Gasteiger partial charge in [0, 0.05) is 10.7 Å². The highest BCUT2D eigenvalue weighted by Gasteiger charge is 2.28. The predicted molar refractivity (Wildman–Crippen MR) is 101 cm³/mol. The third-order valence-corrected chi connectivity index (χ3v) is 5.07. The van der Waals surface area contributed by atoms with E-state index in [9.17, 15) is 9.59 Å². The first-order valence-corrected chi connectivity index (χ1v) is 9.13. The van der Waals surface area contributed by atoms with Crippen LogP contribution in [0.1, 0.15) is 24.0 Å². The Bertz CT molecular complexity index is 881. The van der Waals surface area contributed by atoms with E-state index < -0.39 is 0 Å². The molecule has 0 aromatic heterocycles. The van der Waals surface area contributed by atoms with E-state index >= 15 is 0 Å². The molecule has 0 atom stereocenters. The summed E-state index contributed by atoms with van der Waals surface area (Å²) in [6.07, 6.45) is 4.34. The largest absolute Gasteiger partial charge is 0.482 e. The lowest BCUT2D eigenvalue weighted by Crippen LogP contribution is -2.43. The molecule has 1 aliphatic carbocycles. The number of halogens is 1. The monoisotopic (exact) mass is 370 g/mol. The normalized spacial score (nSPS) is 15.7. The SMILES string of the molecule is O=C(CN1C(=O)COc2ccc(Cl)cc21)Nc1cccc2c1CCCC2. The fourth-order valence-corrected chi connectivity index (χ4v) is 3.75. The number of rotatable bonds is 3. The van der Waals surface area contributed by atoms with Gasteiger partial charge in [-0.25, -0.2) is 0 Å². The molecule has 0 saturated heterocycles. The summed E-state index contributed by atoms with van der Waals surface area (Å²) in [4.78, 5) is 26.3. The number of fused-ring (bicyclic) bond motifs is 2. The van der Waals surface area contributed by atoms with Gasteiger partial charge in [0.1, 0.15) is 12.3 Å². The number of nitrogens with one attached hydrogen (secondary N) is 1. The van der Waals surface area contributed by atoms with Gasteiger partial charge in [0.25, 0.3) is 5.91 Å². The molecular formula is C20H19ClN2O3. The Kier molecular flexibility index (Phi) is 4.55. The third-order valence-electron chi connectivity index (χ3n) is 4.84. The van der Waals surface area contributed by atoms with E-state index in [1.54, 1.807) is 18.2 Å². The number of anilines is 2. The van der Waals surface area contributed by atoms with Crippen LogP contribution >= 0.6 is 11.6 Å². The average Bonchev–Trinajstić information content (AvgIpc) is 2.64. The van der Waals surface area contributed by atoms with Crippen molar-refractivity contribution in [2.75, 3.05) is 23.4 Å². The number of nitrogens with zero attached hydrogens (tertiary/aromatic N) is 1. The van der Waals surface area contributed by atoms with Crippen LogP contribution in [-0.4, -0.2) is 25.0 Å². The number of aryl methyl sites for hydroxylation is 1. The minimum absolute atomic E-state index is 0.0702. The Hall–Kier alpha value is -2.53. The Balaban J connectivity index is 1.54. The van der Waals surface area contributed by atoms with Crippen LogP contribution in [0.4, 0.5) is 11.4 Å². The molecule has 0 saturated carbocycles. The van der Waals surface area contributed by atoms with Gasteiger partial charge in [-0.1, -0.05) is 23.7 Å². The summed E-state index contributed by atoms with van der Waals surface area (Å²) in [6.45, 7) is -0.151. The maximum absolute atomic E-state index is 12.6. The van der Waals surface area contributed by atoms with Gasteiger partial charge in [-0.05, 0) is 61.1 Å². The van der Waals surface area contributed by atoms with Crippen molar-refractivity contribution in [3.8, 4) is 5.75 Å². The molecule has 2 aliphatic rings. The Morgan fingerprint density at radius 3 is 2.92 bits per heavy atom. The molecule has 0 spiro atoms. The van der Waals surface area contributed by atoms with E-state index in [2.05, 4.69) is 11.4 Å². The standard InChI is InChI=1S/C20H19ClN2O3/c21-14-8-9-18-17(10-14)23(20(25)12-26-18)11-19(24)22-16-7-3-5-13-4-1-2-6-15(13)16/h3,5,7-10H,1-2,4,6,11-12H2,(H,22,24). The van der Waals surface area contributed by atoms with Crippen LogP contribution in [0.15, 0.2) is 36.4 Å². The van der Waals surface area contributed by atoms with Crippen molar-refractivity contribution in [1.29, 1.82) is 0 Å². The van der Waals surface area contributed by atoms with Gasteiger partial charge in [-0.15, -0.1) is 0 Å². The molecule has 0 fully saturated rings. The van der Waals surface area contributed by atoms with Crippen LogP contribution in [-0.2, 0) is 22.4 Å². The van der Waals surface area contributed by atoms with Crippen molar-refractivity contribution in [2.24, 2.45) is 0 Å². The second kappa shape index (κ2) is 7.00. The van der Waals surface area contributed by atoms with Crippen LogP contribution in [0, 0.1) is 0 Å². The van der Waals surface area contributed by atoms with Gasteiger partial charge < -0.3 is 10.1 Å². The zero-order valence-corrected chi connectivity index (χ0v) is 15.0. The Labute approximate surface area is 156 Å². The first-order chi connectivity index (χ1) is 12.6. The number of ether oxygens (including phenoxy) is 1. The number of amides is 2. The number of hydrogen-bond donors (Lipinski definition) is 1. The molecule has 26 heavy (non-hydrogen) atoms. The first kappa shape index (κ1) is 16.9. The van der Waals surface area contributed by atoms with Crippen molar-refractivity contribution in [1.82, 2.24) is 0 Å². The summed E-state index contributed by atoms with van der Waals surface area (Å²) in [7, 11) is 0. The topological polar surface area (TPSA) is 58.6 Å². The second-order valence-electron chi connectivity index (χ2n) is 6.58. The molecule has 1 aliphatic heterocycles. The average molecular weight is 371 g/mol. The van der Waals surface area contributed by atoms with Crippen LogP contribution in [0.25, 0.3) is 0 Å². The smallest absolute Gasteiger partial charge is 0.265 e. The molecule has 2 amide bonds. The zero-order chi connectivity index (χ0) is 18.1. The molecule has 5 nitrogen and oxygen atoms in total. The van der Waals surface area contributed by atoms with Crippen LogP contribution in [0.2, 0.25) is 5.02 Å². The summed E-state index contributed by atoms with van der Waals surface area (Å²) in [6, 6.07) is 11.1. The zero-order valence-electron chi connectivity index (χ0n) is 14.3. The van der Waals surface area contributed by atoms with Crippen LogP contribution in [0.3, 0.4) is 0 Å². The minimum Gasteiger partial charge on any atom is -0.482 e. The Morgan fingerprint density at radius 2 is 2.04 bits per heavy atom. The molecule has 0 radical (unpaired) electrons. The van der Waals surface area contributed by atoms with Gasteiger partial charge in [-0.2, -0.15) is 0 Å². The summed E-state index contributed by atoms with van der Waals surface area (Å²) < 4.78 is 5.41. The van der Waals surface area contributed by atoms with E-state index in [0.717, 1.165) is 24.9 Å². The Morgan fingerprint density at radius 1 is 1.19 bits per heavy atom. The molecule has 1 heterocycles. The maximum atomic E-state index is 12.6. The molecule has 0 bridgehead atoms. The van der Waals surface area contributed by atoms with E-state index in [-0.39, 0.29) is 25.0 Å². The van der Waals surface area contributed by atoms with E-state index in [0.29, 0.717) is 16.5 Å². The summed E-state index contributed by atoms with van der Waals surface area (Å²) in [5.41, 5.74) is 3.88. The van der Waals surface area contributed by atoms with Gasteiger partial charge >= 0.3 is 0 Å². The summed E-state index contributed by atoms with van der Waals surface area (Å²) >= 11 is 6.04. The van der Waals surface area contributed by atoms with E-state index in [4.69, 9.17) is 16.3 Å². The number of carbonyl (C=O) groups is 2. The molecule has 1 N–H and O–H groups in total. The van der Waals surface area contributed by atoms with Gasteiger partial charge in [0.15, 0.2) is 6.61 Å². The van der Waals surface area contributed by atoms with E-state index in [1.807, 2.05) is 12.1 Å². The van der Waals surface area contributed by atoms with Crippen molar-refractivity contribution in [2.45, 2.75) is 25.7 Å². The van der Waals surface area contributed by atoms with Gasteiger partial charge in [-0.3, -0.25) is 14.5 Å². The fraction of sp³-hybridized carbons (Fsp3) is 0.300. The van der Waals surface area contributed by atoms with E-state index in [1.165, 1.54) is 22.4 Å². The maximum Gasteiger partial charge on any atom is 0.265 e. The third kappa shape index (κ3) is 3.27. The van der Waals surface area contributed by atoms with Crippen molar-refractivity contribution >= 4 is 34.8 Å². The molecule has 134 valence electrons. The van der Waals surface area contributed by atoms with Gasteiger partial charge in [0.05, 0.1) is 5.69 Å². The predicted octanol–water partition coefficient (Wildman–Crippen LogP) is 3.58. The van der Waals surface area contributed by atoms with Crippen molar-refractivity contribution in [3.63, 3.8) is 0 Å². The highest BCUT2D eigenvalue weighted by Crippen LogP contribution is 2.34. The molecule has 0 unspecified atom stereocenters. The minimum atomic E-state index is -0.259. The molecule has 2 aromatic carbocycles. The quantitative estimate of drug-likeness (QED) is 0.898. The second-order valence-corrected chi connectivity index (χ2v) is 7.02. The number of carbonyl (C=O) groups excluding carboxylic acids is 2. The molecule has 4 rings (SSSR count). The molecule has 6 heteroatoms. The highest BCUT2D eigenvalue weighted by molar-refractivity contribution is 6.31. The molecular weight excluding hydrogens is 352 g/mol. The van der Waals surface area contributed by atoms with Crippen molar-refractivity contribution in [3.05, 3.63) is 52.5 Å². The lowest BCUT2D eigenvalue weighted by molar-refractivity contribution is -0.123. The number of benzene rings is 2. The van der Waals surface area contributed by atoms with Crippen molar-refractivity contribution < 1.29 is 14.3 Å². The highest BCUT2D eigenvalue weighted by atomic mass is 35.5. The van der Waals surface area contributed by atoms with Crippen LogP contribution in [0.5, 0.6) is 5.75 Å². The lowest BCUT2D eigenvalue weighted by Gasteiger charge is -2.29. The first-order valence-electron chi connectivity index (χ1n) is 8.75. The fourth-order valence-electron chi connectivity index (χ4n) is 3.58. The van der Waals surface area contributed by atoms with Gasteiger partial charge in [0.2, 0.25) is 5.91 Å². The lowest BCUT2D eigenvalue weighted by atomic mass is 9.90.